The molecule has 3 nitrogen and oxygen atoms in total. The van der Waals surface area contributed by atoms with E-state index in [4.69, 9.17) is 11.6 Å². The van der Waals surface area contributed by atoms with Gasteiger partial charge < -0.3 is 10.6 Å². The standard InChI is InChI=1S/C15H13ClN2O/c1-7-8(2)14(9(7)3)18-12-5-4-11(16)10-6-17-15(19)13(10)12/h4-5,18H,1-2,6H2,3H3,(H,17,19). The number of carbonyl (C=O) groups is 1. The quantitative estimate of drug-likeness (QED) is 0.866. The fourth-order valence-electron chi connectivity index (χ4n) is 2.41. The van der Waals surface area contributed by atoms with Gasteiger partial charge in [-0.25, -0.2) is 0 Å². The van der Waals surface area contributed by atoms with E-state index in [0.29, 0.717) is 17.1 Å². The van der Waals surface area contributed by atoms with Crippen molar-refractivity contribution in [2.24, 2.45) is 0 Å². The van der Waals surface area contributed by atoms with Crippen molar-refractivity contribution >= 4 is 23.2 Å². The molecule has 1 aliphatic heterocycles. The van der Waals surface area contributed by atoms with E-state index in [9.17, 15) is 4.79 Å². The molecule has 0 bridgehead atoms. The van der Waals surface area contributed by atoms with E-state index in [1.807, 2.05) is 13.0 Å². The van der Waals surface area contributed by atoms with Gasteiger partial charge in [0, 0.05) is 22.8 Å². The molecule has 1 aromatic rings. The number of fused-ring (bicyclic) bond motifs is 1. The van der Waals surface area contributed by atoms with Gasteiger partial charge in [0.25, 0.3) is 5.91 Å². The highest BCUT2D eigenvalue weighted by Gasteiger charge is 2.28. The van der Waals surface area contributed by atoms with Crippen LogP contribution in [0.15, 0.2) is 47.7 Å². The van der Waals surface area contributed by atoms with Crippen LogP contribution in [0.3, 0.4) is 0 Å². The number of amides is 1. The topological polar surface area (TPSA) is 41.1 Å². The highest BCUT2D eigenvalue weighted by atomic mass is 35.5. The first-order chi connectivity index (χ1) is 9.00. The van der Waals surface area contributed by atoms with Crippen molar-refractivity contribution in [1.29, 1.82) is 0 Å². The molecule has 96 valence electrons. The highest BCUT2D eigenvalue weighted by molar-refractivity contribution is 6.32. The molecule has 19 heavy (non-hydrogen) atoms. The molecule has 1 amide bonds. The smallest absolute Gasteiger partial charge is 0.254 e. The van der Waals surface area contributed by atoms with Crippen LogP contribution >= 0.6 is 11.6 Å². The van der Waals surface area contributed by atoms with Crippen LogP contribution in [-0.4, -0.2) is 5.91 Å². The molecule has 0 unspecified atom stereocenters. The first kappa shape index (κ1) is 12.1. The molecule has 4 heteroatoms. The predicted octanol–water partition coefficient (Wildman–Crippen LogP) is 3.40. The van der Waals surface area contributed by atoms with Crippen molar-refractivity contribution in [3.63, 3.8) is 0 Å². The van der Waals surface area contributed by atoms with Crippen LogP contribution in [0.1, 0.15) is 22.8 Å². The van der Waals surface area contributed by atoms with Gasteiger partial charge in [0.05, 0.1) is 11.3 Å². The summed E-state index contributed by atoms with van der Waals surface area (Å²) in [5, 5.41) is 6.67. The van der Waals surface area contributed by atoms with Crippen molar-refractivity contribution in [1.82, 2.24) is 5.32 Å². The van der Waals surface area contributed by atoms with Crippen LogP contribution in [0, 0.1) is 0 Å². The van der Waals surface area contributed by atoms with Gasteiger partial charge in [0.1, 0.15) is 0 Å². The number of carbonyl (C=O) groups excluding carboxylic acids is 1. The first-order valence-corrected chi connectivity index (χ1v) is 6.35. The lowest BCUT2D eigenvalue weighted by molar-refractivity contribution is 0.0966. The zero-order valence-corrected chi connectivity index (χ0v) is 11.3. The Kier molecular flexibility index (Phi) is 2.54. The summed E-state index contributed by atoms with van der Waals surface area (Å²) in [7, 11) is 0. The monoisotopic (exact) mass is 272 g/mol. The van der Waals surface area contributed by atoms with Crippen molar-refractivity contribution in [3.05, 3.63) is 63.9 Å². The van der Waals surface area contributed by atoms with Gasteiger partial charge >= 0.3 is 0 Å². The van der Waals surface area contributed by atoms with E-state index in [-0.39, 0.29) is 5.91 Å². The maximum Gasteiger partial charge on any atom is 0.254 e. The molecule has 0 saturated heterocycles. The highest BCUT2D eigenvalue weighted by Crippen LogP contribution is 2.39. The summed E-state index contributed by atoms with van der Waals surface area (Å²) in [6, 6.07) is 3.62. The molecule has 2 N–H and O–H groups in total. The fraction of sp³-hybridized carbons (Fsp3) is 0.133. The Hall–Kier alpha value is -2.00. The van der Waals surface area contributed by atoms with Crippen molar-refractivity contribution in [2.75, 3.05) is 5.32 Å². The van der Waals surface area contributed by atoms with Gasteiger partial charge in [-0.2, -0.15) is 0 Å². The average molecular weight is 273 g/mol. The number of benzene rings is 1. The van der Waals surface area contributed by atoms with Crippen molar-refractivity contribution < 1.29 is 4.79 Å². The van der Waals surface area contributed by atoms with E-state index in [1.165, 1.54) is 0 Å². The number of allylic oxidation sites excluding steroid dienone is 2. The lowest BCUT2D eigenvalue weighted by atomic mass is 9.85. The largest absolute Gasteiger partial charge is 0.354 e. The Morgan fingerprint density at radius 3 is 2.74 bits per heavy atom. The van der Waals surface area contributed by atoms with Gasteiger partial charge in [-0.05, 0) is 35.8 Å². The molecule has 0 fully saturated rings. The molecular formula is C15H13ClN2O. The summed E-state index contributed by atoms with van der Waals surface area (Å²) in [4.78, 5) is 11.9. The van der Waals surface area contributed by atoms with E-state index >= 15 is 0 Å². The Bertz CT molecular complexity index is 686. The molecule has 0 aromatic heterocycles. The van der Waals surface area contributed by atoms with Crippen LogP contribution in [0.25, 0.3) is 0 Å². The zero-order valence-electron chi connectivity index (χ0n) is 10.6. The maximum absolute atomic E-state index is 11.9. The molecule has 1 heterocycles. The van der Waals surface area contributed by atoms with E-state index < -0.39 is 0 Å². The summed E-state index contributed by atoms with van der Waals surface area (Å²) in [6.07, 6.45) is 0. The Morgan fingerprint density at radius 1 is 1.32 bits per heavy atom. The number of rotatable bonds is 2. The minimum atomic E-state index is -0.0954. The van der Waals surface area contributed by atoms with Gasteiger partial charge in [0.2, 0.25) is 0 Å². The Labute approximate surface area is 116 Å². The minimum absolute atomic E-state index is 0.0954. The van der Waals surface area contributed by atoms with Crippen LogP contribution in [-0.2, 0) is 6.54 Å². The zero-order chi connectivity index (χ0) is 13.7. The normalized spacial score (nSPS) is 17.3. The van der Waals surface area contributed by atoms with E-state index in [1.54, 1.807) is 6.07 Å². The second-order valence-electron chi connectivity index (χ2n) is 4.71. The SMILES string of the molecule is C=C1C(=C)C(Nc2ccc(Cl)c3c2C(=O)NC3)=C1C. The van der Waals surface area contributed by atoms with Crippen molar-refractivity contribution in [2.45, 2.75) is 13.5 Å². The van der Waals surface area contributed by atoms with Crippen LogP contribution < -0.4 is 10.6 Å². The number of hydrogen-bond donors (Lipinski definition) is 2. The predicted molar refractivity (Wildman–Crippen MR) is 77.2 cm³/mol. The molecule has 2 aliphatic rings. The van der Waals surface area contributed by atoms with Gasteiger partial charge in [-0.3, -0.25) is 4.79 Å². The molecule has 1 aromatic carbocycles. The van der Waals surface area contributed by atoms with Crippen LogP contribution in [0.2, 0.25) is 5.02 Å². The Morgan fingerprint density at radius 2 is 2.05 bits per heavy atom. The molecule has 3 rings (SSSR count). The molecule has 0 saturated carbocycles. The van der Waals surface area contributed by atoms with Crippen LogP contribution in [0.5, 0.6) is 0 Å². The van der Waals surface area contributed by atoms with Crippen LogP contribution in [0.4, 0.5) is 5.69 Å². The van der Waals surface area contributed by atoms with Gasteiger partial charge in [-0.15, -0.1) is 0 Å². The average Bonchev–Trinajstić information content (AvgIpc) is 2.80. The Balaban J connectivity index is 2.05. The summed E-state index contributed by atoms with van der Waals surface area (Å²) in [5.41, 5.74) is 6.09. The van der Waals surface area contributed by atoms with E-state index in [0.717, 1.165) is 33.7 Å². The number of hydrogen-bond acceptors (Lipinski definition) is 2. The first-order valence-electron chi connectivity index (χ1n) is 5.97. The molecular weight excluding hydrogens is 260 g/mol. The van der Waals surface area contributed by atoms with E-state index in [2.05, 4.69) is 23.8 Å². The second kappa shape index (κ2) is 4.00. The third-order valence-corrected chi connectivity index (χ3v) is 4.02. The summed E-state index contributed by atoms with van der Waals surface area (Å²) in [5.74, 6) is -0.0954. The molecule has 0 radical (unpaired) electrons. The van der Waals surface area contributed by atoms with Crippen molar-refractivity contribution in [3.8, 4) is 0 Å². The third kappa shape index (κ3) is 1.62. The maximum atomic E-state index is 11.9. The number of halogens is 1. The fourth-order valence-corrected chi connectivity index (χ4v) is 2.64. The molecule has 0 spiro atoms. The second-order valence-corrected chi connectivity index (χ2v) is 5.12. The lowest BCUT2D eigenvalue weighted by Gasteiger charge is -2.28. The molecule has 1 aliphatic carbocycles. The lowest BCUT2D eigenvalue weighted by Crippen LogP contribution is -2.18. The number of anilines is 1. The van der Waals surface area contributed by atoms with Gasteiger partial charge in [0.15, 0.2) is 0 Å². The minimum Gasteiger partial charge on any atom is -0.354 e. The summed E-state index contributed by atoms with van der Waals surface area (Å²) in [6.45, 7) is 10.3. The third-order valence-electron chi connectivity index (χ3n) is 3.66. The molecule has 0 atom stereocenters. The number of nitrogens with one attached hydrogen (secondary N) is 2. The summed E-state index contributed by atoms with van der Waals surface area (Å²) >= 11 is 6.11. The summed E-state index contributed by atoms with van der Waals surface area (Å²) < 4.78 is 0. The van der Waals surface area contributed by atoms with Gasteiger partial charge in [-0.1, -0.05) is 24.8 Å².